The smallest absolute Gasteiger partial charge is 0.124 e. The zero-order valence-electron chi connectivity index (χ0n) is 8.98. The van der Waals surface area contributed by atoms with Gasteiger partial charge < -0.3 is 5.11 Å². The fourth-order valence-corrected chi connectivity index (χ4v) is 1.50. The Morgan fingerprint density at radius 2 is 2.19 bits per heavy atom. The second-order valence-corrected chi connectivity index (χ2v) is 3.46. The molecule has 0 aliphatic heterocycles. The average molecular weight is 219 g/mol. The molecule has 2 rings (SSSR count). The van der Waals surface area contributed by atoms with E-state index in [1.807, 2.05) is 6.92 Å². The van der Waals surface area contributed by atoms with E-state index in [0.717, 1.165) is 13.0 Å². The van der Waals surface area contributed by atoms with Crippen LogP contribution in [0.4, 0.5) is 0 Å². The van der Waals surface area contributed by atoms with Crippen LogP contribution in [0.5, 0.6) is 0 Å². The van der Waals surface area contributed by atoms with Crippen molar-refractivity contribution in [2.45, 2.75) is 26.0 Å². The second-order valence-electron chi connectivity index (χ2n) is 3.46. The van der Waals surface area contributed by atoms with Gasteiger partial charge >= 0.3 is 0 Å². The maximum absolute atomic E-state index is 10.1. The minimum absolute atomic E-state index is 0.676. The maximum Gasteiger partial charge on any atom is 0.124 e. The van der Waals surface area contributed by atoms with Gasteiger partial charge in [0.15, 0.2) is 0 Å². The van der Waals surface area contributed by atoms with Crippen LogP contribution in [-0.2, 0) is 6.54 Å². The van der Waals surface area contributed by atoms with Crippen molar-refractivity contribution in [3.63, 3.8) is 0 Å². The molecule has 16 heavy (non-hydrogen) atoms. The number of aromatic nitrogens is 5. The van der Waals surface area contributed by atoms with E-state index < -0.39 is 6.10 Å². The highest BCUT2D eigenvalue weighted by atomic mass is 16.3. The lowest BCUT2D eigenvalue weighted by Crippen LogP contribution is -2.10. The lowest BCUT2D eigenvalue weighted by atomic mass is 10.1. The molecular weight excluding hydrogens is 206 g/mol. The van der Waals surface area contributed by atoms with Crippen molar-refractivity contribution in [1.82, 2.24) is 25.2 Å². The summed E-state index contributed by atoms with van der Waals surface area (Å²) in [6.07, 6.45) is 4.84. The highest BCUT2D eigenvalue weighted by Crippen LogP contribution is 2.19. The van der Waals surface area contributed by atoms with Crippen LogP contribution >= 0.6 is 0 Å². The van der Waals surface area contributed by atoms with E-state index in [-0.39, 0.29) is 0 Å². The first kappa shape index (κ1) is 10.7. The van der Waals surface area contributed by atoms with Crippen LogP contribution in [0.25, 0.3) is 0 Å². The molecule has 2 aromatic heterocycles. The molecule has 1 unspecified atom stereocenters. The molecule has 2 heterocycles. The van der Waals surface area contributed by atoms with Gasteiger partial charge in [-0.15, -0.1) is 5.10 Å². The molecule has 0 bridgehead atoms. The molecule has 0 radical (unpaired) electrons. The number of hydrogen-bond acceptors (Lipinski definition) is 5. The number of rotatable bonds is 4. The van der Waals surface area contributed by atoms with Crippen LogP contribution in [0.2, 0.25) is 0 Å². The molecule has 0 amide bonds. The Morgan fingerprint density at radius 3 is 2.88 bits per heavy atom. The van der Waals surface area contributed by atoms with Crippen molar-refractivity contribution in [1.29, 1.82) is 0 Å². The number of aliphatic hydroxyl groups excluding tert-OH is 1. The van der Waals surface area contributed by atoms with Crippen molar-refractivity contribution in [2.75, 3.05) is 0 Å². The van der Waals surface area contributed by atoms with Crippen molar-refractivity contribution < 1.29 is 5.11 Å². The summed E-state index contributed by atoms with van der Waals surface area (Å²) < 4.78 is 1.70. The van der Waals surface area contributed by atoms with Gasteiger partial charge in [-0.3, -0.25) is 0 Å². The predicted molar refractivity (Wildman–Crippen MR) is 56.4 cm³/mol. The van der Waals surface area contributed by atoms with Gasteiger partial charge in [-0.1, -0.05) is 12.1 Å². The van der Waals surface area contributed by atoms with Gasteiger partial charge in [0.1, 0.15) is 6.10 Å². The molecule has 6 nitrogen and oxygen atoms in total. The molecule has 0 saturated heterocycles. The predicted octanol–water partition coefficient (Wildman–Crippen LogP) is 0.560. The molecule has 0 saturated carbocycles. The zero-order chi connectivity index (χ0) is 11.4. The molecule has 0 fully saturated rings. The van der Waals surface area contributed by atoms with Gasteiger partial charge in [0.2, 0.25) is 0 Å². The molecule has 0 spiro atoms. The number of hydrogen-bond donors (Lipinski definition) is 1. The zero-order valence-corrected chi connectivity index (χ0v) is 8.98. The van der Waals surface area contributed by atoms with Crippen LogP contribution < -0.4 is 0 Å². The topological polar surface area (TPSA) is 76.7 Å². The fraction of sp³-hybridized carbons (Fsp3) is 0.400. The van der Waals surface area contributed by atoms with Gasteiger partial charge in [0.05, 0.1) is 18.1 Å². The van der Waals surface area contributed by atoms with E-state index in [9.17, 15) is 5.11 Å². The molecule has 0 aliphatic rings. The van der Waals surface area contributed by atoms with Crippen molar-refractivity contribution in [2.24, 2.45) is 0 Å². The molecule has 0 aromatic carbocycles. The minimum atomic E-state index is -0.753. The Labute approximate surface area is 92.9 Å². The van der Waals surface area contributed by atoms with Crippen LogP contribution in [0.3, 0.4) is 0 Å². The molecule has 1 N–H and O–H groups in total. The van der Waals surface area contributed by atoms with E-state index >= 15 is 0 Å². The highest BCUT2D eigenvalue weighted by molar-refractivity contribution is 5.19. The number of aryl methyl sites for hydroxylation is 1. The second kappa shape index (κ2) is 4.80. The van der Waals surface area contributed by atoms with Gasteiger partial charge in [-0.2, -0.15) is 10.2 Å². The normalized spacial score (nSPS) is 12.6. The monoisotopic (exact) mass is 219 g/mol. The summed E-state index contributed by atoms with van der Waals surface area (Å²) in [6, 6.07) is 1.72. The van der Waals surface area contributed by atoms with E-state index in [1.165, 1.54) is 6.20 Å². The summed E-state index contributed by atoms with van der Waals surface area (Å²) in [5.41, 5.74) is 1.37. The van der Waals surface area contributed by atoms with Crippen LogP contribution in [0.1, 0.15) is 30.7 Å². The quantitative estimate of drug-likeness (QED) is 0.813. The summed E-state index contributed by atoms with van der Waals surface area (Å²) in [5, 5.41) is 25.2. The van der Waals surface area contributed by atoms with Gasteiger partial charge in [-0.25, -0.2) is 4.68 Å². The van der Waals surface area contributed by atoms with Gasteiger partial charge in [0.25, 0.3) is 0 Å². The minimum Gasteiger partial charge on any atom is -0.382 e. The Balaban J connectivity index is 2.27. The maximum atomic E-state index is 10.1. The van der Waals surface area contributed by atoms with Crippen LogP contribution in [0.15, 0.2) is 24.7 Å². The van der Waals surface area contributed by atoms with Crippen molar-refractivity contribution in [3.05, 3.63) is 35.9 Å². The first-order valence-corrected chi connectivity index (χ1v) is 5.16. The first-order chi connectivity index (χ1) is 7.83. The number of nitrogens with zero attached hydrogens (tertiary/aromatic N) is 5. The lowest BCUT2D eigenvalue weighted by molar-refractivity contribution is 0.206. The van der Waals surface area contributed by atoms with E-state index in [1.54, 1.807) is 23.1 Å². The van der Waals surface area contributed by atoms with E-state index in [2.05, 4.69) is 20.5 Å². The van der Waals surface area contributed by atoms with Crippen molar-refractivity contribution in [3.8, 4) is 0 Å². The molecule has 1 atom stereocenters. The number of aliphatic hydroxyl groups is 1. The molecule has 2 aromatic rings. The third-order valence-electron chi connectivity index (χ3n) is 2.29. The highest BCUT2D eigenvalue weighted by Gasteiger charge is 2.15. The van der Waals surface area contributed by atoms with Gasteiger partial charge in [-0.05, 0) is 12.5 Å². The summed E-state index contributed by atoms with van der Waals surface area (Å²) in [7, 11) is 0. The van der Waals surface area contributed by atoms with E-state index in [4.69, 9.17) is 0 Å². The van der Waals surface area contributed by atoms with Crippen LogP contribution in [-0.4, -0.2) is 30.3 Å². The molecule has 0 aliphatic carbocycles. The summed E-state index contributed by atoms with van der Waals surface area (Å²) in [4.78, 5) is 0. The summed E-state index contributed by atoms with van der Waals surface area (Å²) in [5.74, 6) is 0. The Kier molecular flexibility index (Phi) is 3.21. The third kappa shape index (κ3) is 2.06. The average Bonchev–Trinajstić information content (AvgIpc) is 2.78. The first-order valence-electron chi connectivity index (χ1n) is 5.16. The van der Waals surface area contributed by atoms with Crippen molar-refractivity contribution >= 4 is 0 Å². The Bertz CT molecular complexity index is 441. The SMILES string of the molecule is CCCn1nncc1C(O)c1ccnnc1. The molecule has 84 valence electrons. The Morgan fingerprint density at radius 1 is 1.31 bits per heavy atom. The third-order valence-corrected chi connectivity index (χ3v) is 2.29. The van der Waals surface area contributed by atoms with Gasteiger partial charge in [0, 0.05) is 18.3 Å². The molecular formula is C10H13N5O. The summed E-state index contributed by atoms with van der Waals surface area (Å²) >= 11 is 0. The van der Waals surface area contributed by atoms with E-state index in [0.29, 0.717) is 11.3 Å². The lowest BCUT2D eigenvalue weighted by Gasteiger charge is -2.11. The fourth-order valence-electron chi connectivity index (χ4n) is 1.50. The Hall–Kier alpha value is -1.82. The standard InChI is InChI=1S/C10H13N5O/c1-2-5-15-9(7-13-14-15)10(16)8-3-4-11-12-6-8/h3-4,6-7,10,16H,2,5H2,1H3. The summed E-state index contributed by atoms with van der Waals surface area (Å²) in [6.45, 7) is 2.79. The largest absolute Gasteiger partial charge is 0.382 e. The van der Waals surface area contributed by atoms with Crippen LogP contribution in [0, 0.1) is 0 Å². The molecule has 6 heteroatoms.